The molecule has 0 N–H and O–H groups in total. The Labute approximate surface area is 141 Å². The molecule has 0 unspecified atom stereocenters. The van der Waals surface area contributed by atoms with Gasteiger partial charge in [-0.1, -0.05) is 27.7 Å². The highest BCUT2D eigenvalue weighted by atomic mass is 16.1. The van der Waals surface area contributed by atoms with E-state index in [2.05, 4.69) is 34.7 Å². The van der Waals surface area contributed by atoms with Crippen molar-refractivity contribution in [1.82, 2.24) is 14.7 Å². The van der Waals surface area contributed by atoms with Gasteiger partial charge in [-0.2, -0.15) is 5.10 Å². The molecule has 1 fully saturated rings. The van der Waals surface area contributed by atoms with E-state index in [0.717, 1.165) is 31.8 Å². The van der Waals surface area contributed by atoms with E-state index in [1.807, 2.05) is 20.0 Å². The summed E-state index contributed by atoms with van der Waals surface area (Å²) in [5.41, 5.74) is 1.33. The van der Waals surface area contributed by atoms with Gasteiger partial charge in [-0.25, -0.2) is 0 Å². The van der Waals surface area contributed by atoms with Gasteiger partial charge < -0.3 is 4.90 Å². The molecule has 130 valence electrons. The molecule has 1 aromatic heterocycles. The molecule has 0 amide bonds. The Bertz CT molecular complexity index is 485. The van der Waals surface area contributed by atoms with Crippen LogP contribution >= 0.6 is 0 Å². The van der Waals surface area contributed by atoms with Crippen molar-refractivity contribution in [2.45, 2.75) is 65.8 Å². The fourth-order valence-electron chi connectivity index (χ4n) is 3.20. The van der Waals surface area contributed by atoms with Gasteiger partial charge in [0.1, 0.15) is 5.78 Å². The summed E-state index contributed by atoms with van der Waals surface area (Å²) in [7, 11) is 0. The third-order valence-corrected chi connectivity index (χ3v) is 5.01. The smallest absolute Gasteiger partial charge is 0.135 e. The van der Waals surface area contributed by atoms with Crippen LogP contribution in [0.15, 0.2) is 12.4 Å². The maximum Gasteiger partial charge on any atom is 0.135 e. The number of hydrogen-bond donors (Lipinski definition) is 0. The second-order valence-corrected chi connectivity index (χ2v) is 7.66. The average Bonchev–Trinajstić information content (AvgIpc) is 2.97. The lowest BCUT2D eigenvalue weighted by Gasteiger charge is -2.31. The van der Waals surface area contributed by atoms with E-state index >= 15 is 0 Å². The molecule has 0 aromatic carbocycles. The zero-order valence-electron chi connectivity index (χ0n) is 15.3. The molecule has 23 heavy (non-hydrogen) atoms. The number of Topliss-reactive ketones (excluding diaryl/α,β-unsaturated/α-hetero) is 1. The molecule has 0 saturated carbocycles. The summed E-state index contributed by atoms with van der Waals surface area (Å²) in [6, 6.07) is 0. The molecule has 0 spiro atoms. The first-order valence-electron chi connectivity index (χ1n) is 9.23. The zero-order chi connectivity index (χ0) is 16.8. The summed E-state index contributed by atoms with van der Waals surface area (Å²) < 4.78 is 2.12. The van der Waals surface area contributed by atoms with Crippen LogP contribution in [0.25, 0.3) is 0 Å². The van der Waals surface area contributed by atoms with E-state index in [9.17, 15) is 4.79 Å². The van der Waals surface area contributed by atoms with Crippen LogP contribution in [-0.4, -0.2) is 40.1 Å². The molecule has 2 rings (SSSR count). The molecule has 1 aliphatic rings. The van der Waals surface area contributed by atoms with Crippen LogP contribution in [0.1, 0.15) is 64.9 Å². The van der Waals surface area contributed by atoms with Gasteiger partial charge in [0.2, 0.25) is 0 Å². The minimum absolute atomic E-state index is 0.186. The summed E-state index contributed by atoms with van der Waals surface area (Å²) in [6.45, 7) is 12.9. The van der Waals surface area contributed by atoms with Crippen molar-refractivity contribution in [1.29, 1.82) is 0 Å². The van der Waals surface area contributed by atoms with Gasteiger partial charge >= 0.3 is 0 Å². The van der Waals surface area contributed by atoms with E-state index in [1.165, 1.54) is 31.5 Å². The molecule has 0 radical (unpaired) electrons. The topological polar surface area (TPSA) is 38.1 Å². The van der Waals surface area contributed by atoms with E-state index < -0.39 is 0 Å². The van der Waals surface area contributed by atoms with Gasteiger partial charge in [0.25, 0.3) is 0 Å². The lowest BCUT2D eigenvalue weighted by molar-refractivity contribution is -0.122. The monoisotopic (exact) mass is 319 g/mol. The number of aromatic nitrogens is 2. The highest BCUT2D eigenvalue weighted by molar-refractivity contribution is 5.80. The molecule has 0 atom stereocenters. The largest absolute Gasteiger partial charge is 0.303 e. The van der Waals surface area contributed by atoms with Gasteiger partial charge in [-0.3, -0.25) is 9.48 Å². The lowest BCUT2D eigenvalue weighted by atomic mass is 9.96. The average molecular weight is 319 g/mol. The van der Waals surface area contributed by atoms with Crippen LogP contribution in [0.2, 0.25) is 0 Å². The van der Waals surface area contributed by atoms with Crippen molar-refractivity contribution >= 4 is 5.78 Å². The van der Waals surface area contributed by atoms with Crippen molar-refractivity contribution in [3.63, 3.8) is 0 Å². The highest BCUT2D eigenvalue weighted by Crippen LogP contribution is 2.20. The fourth-order valence-corrected chi connectivity index (χ4v) is 3.20. The first kappa shape index (κ1) is 18.2. The summed E-state index contributed by atoms with van der Waals surface area (Å²) in [6.07, 6.45) is 8.45. The molecule has 1 aliphatic heterocycles. The number of ketones is 1. The number of carbonyl (C=O) groups is 1. The number of rotatable bonds is 8. The summed E-state index contributed by atoms with van der Waals surface area (Å²) in [4.78, 5) is 14.2. The Morgan fingerprint density at radius 2 is 1.96 bits per heavy atom. The molecule has 2 heterocycles. The first-order chi connectivity index (χ1) is 11.0. The van der Waals surface area contributed by atoms with Gasteiger partial charge in [0, 0.05) is 25.1 Å². The molecular formula is C19H33N3O. The van der Waals surface area contributed by atoms with Crippen LogP contribution in [0.4, 0.5) is 0 Å². The highest BCUT2D eigenvalue weighted by Gasteiger charge is 2.20. The van der Waals surface area contributed by atoms with Crippen LogP contribution in [0.3, 0.4) is 0 Å². The maximum atomic E-state index is 11.7. The Kier molecular flexibility index (Phi) is 6.82. The van der Waals surface area contributed by atoms with Gasteiger partial charge in [0.05, 0.1) is 6.20 Å². The number of hydrogen-bond acceptors (Lipinski definition) is 3. The second kappa shape index (κ2) is 8.62. The first-order valence-corrected chi connectivity index (χ1v) is 9.23. The SMILES string of the molecule is CC(C)C(=O)CCCN1CCC(Cn2cc(C(C)C)cn2)CC1. The molecular weight excluding hydrogens is 286 g/mol. The minimum Gasteiger partial charge on any atom is -0.303 e. The molecule has 1 saturated heterocycles. The van der Waals surface area contributed by atoms with Crippen LogP contribution < -0.4 is 0 Å². The maximum absolute atomic E-state index is 11.7. The van der Waals surface area contributed by atoms with Crippen LogP contribution in [0, 0.1) is 11.8 Å². The van der Waals surface area contributed by atoms with Crippen molar-refractivity contribution in [3.05, 3.63) is 18.0 Å². The Morgan fingerprint density at radius 1 is 1.26 bits per heavy atom. The summed E-state index contributed by atoms with van der Waals surface area (Å²) in [5.74, 6) is 1.88. The third kappa shape index (κ3) is 5.76. The van der Waals surface area contributed by atoms with Crippen molar-refractivity contribution in [3.8, 4) is 0 Å². The standard InChI is InChI=1S/C19H33N3O/c1-15(2)18-12-20-22(14-18)13-17-7-10-21(11-8-17)9-5-6-19(23)16(3)4/h12,14-17H,5-11,13H2,1-4H3. The van der Waals surface area contributed by atoms with Crippen molar-refractivity contribution in [2.24, 2.45) is 11.8 Å². The number of nitrogens with zero attached hydrogens (tertiary/aromatic N) is 3. The van der Waals surface area contributed by atoms with Gasteiger partial charge in [-0.05, 0) is 56.3 Å². The van der Waals surface area contributed by atoms with E-state index in [0.29, 0.717) is 11.7 Å². The normalized spacial score (nSPS) is 17.3. The van der Waals surface area contributed by atoms with E-state index in [1.54, 1.807) is 0 Å². The molecule has 1 aromatic rings. The van der Waals surface area contributed by atoms with Crippen molar-refractivity contribution < 1.29 is 4.79 Å². The summed E-state index contributed by atoms with van der Waals surface area (Å²) >= 11 is 0. The number of likely N-dealkylation sites (tertiary alicyclic amines) is 1. The van der Waals surface area contributed by atoms with Crippen LogP contribution in [-0.2, 0) is 11.3 Å². The third-order valence-electron chi connectivity index (χ3n) is 5.01. The molecule has 4 heteroatoms. The lowest BCUT2D eigenvalue weighted by Crippen LogP contribution is -2.35. The molecule has 0 bridgehead atoms. The van der Waals surface area contributed by atoms with Gasteiger partial charge in [-0.15, -0.1) is 0 Å². The van der Waals surface area contributed by atoms with E-state index in [-0.39, 0.29) is 5.92 Å². The fraction of sp³-hybridized carbons (Fsp3) is 0.789. The van der Waals surface area contributed by atoms with Gasteiger partial charge in [0.15, 0.2) is 0 Å². The zero-order valence-corrected chi connectivity index (χ0v) is 15.3. The van der Waals surface area contributed by atoms with E-state index in [4.69, 9.17) is 0 Å². The second-order valence-electron chi connectivity index (χ2n) is 7.66. The Balaban J connectivity index is 1.66. The Morgan fingerprint density at radius 3 is 2.52 bits per heavy atom. The Hall–Kier alpha value is -1.16. The minimum atomic E-state index is 0.186. The summed E-state index contributed by atoms with van der Waals surface area (Å²) in [5, 5.41) is 4.50. The molecule has 4 nitrogen and oxygen atoms in total. The predicted molar refractivity (Wildman–Crippen MR) is 94.6 cm³/mol. The predicted octanol–water partition coefficient (Wildman–Crippen LogP) is 3.72. The number of piperidine rings is 1. The van der Waals surface area contributed by atoms with Crippen LogP contribution in [0.5, 0.6) is 0 Å². The quantitative estimate of drug-likeness (QED) is 0.733. The van der Waals surface area contributed by atoms with Crippen molar-refractivity contribution in [2.75, 3.05) is 19.6 Å². The molecule has 0 aliphatic carbocycles. The number of carbonyl (C=O) groups excluding carboxylic acids is 1.